The first-order chi connectivity index (χ1) is 12.9. The van der Waals surface area contributed by atoms with Crippen molar-refractivity contribution in [1.82, 2.24) is 4.90 Å². The summed E-state index contributed by atoms with van der Waals surface area (Å²) in [5, 5.41) is 2.82. The van der Waals surface area contributed by atoms with E-state index in [0.29, 0.717) is 29.0 Å². The highest BCUT2D eigenvalue weighted by Gasteiger charge is 2.34. The van der Waals surface area contributed by atoms with Crippen molar-refractivity contribution in [3.05, 3.63) is 58.7 Å². The minimum atomic E-state index is -0.296. The summed E-state index contributed by atoms with van der Waals surface area (Å²) in [4.78, 5) is 38.3. The average molecular weight is 366 g/mol. The highest BCUT2D eigenvalue weighted by atomic mass is 16.5. The van der Waals surface area contributed by atoms with Gasteiger partial charge in [-0.3, -0.25) is 19.3 Å². The lowest BCUT2D eigenvalue weighted by molar-refractivity contribution is -0.116. The summed E-state index contributed by atoms with van der Waals surface area (Å²) < 4.78 is 5.25. The van der Waals surface area contributed by atoms with Crippen LogP contribution < -0.4 is 10.1 Å². The molecule has 0 fully saturated rings. The Hall–Kier alpha value is -3.15. The van der Waals surface area contributed by atoms with Gasteiger partial charge in [0.25, 0.3) is 11.8 Å². The van der Waals surface area contributed by atoms with Gasteiger partial charge in [-0.15, -0.1) is 0 Å². The van der Waals surface area contributed by atoms with Crippen molar-refractivity contribution in [3.8, 4) is 5.75 Å². The molecule has 140 valence electrons. The number of rotatable bonds is 6. The number of carbonyl (C=O) groups is 3. The van der Waals surface area contributed by atoms with E-state index in [4.69, 9.17) is 4.74 Å². The Balaban J connectivity index is 1.58. The Morgan fingerprint density at radius 1 is 1.00 bits per heavy atom. The molecule has 0 saturated heterocycles. The Morgan fingerprint density at radius 2 is 1.67 bits per heavy atom. The second kappa shape index (κ2) is 7.61. The van der Waals surface area contributed by atoms with Crippen LogP contribution >= 0.6 is 0 Å². The number of anilines is 1. The minimum Gasteiger partial charge on any atom is -0.495 e. The molecule has 0 bridgehead atoms. The van der Waals surface area contributed by atoms with Gasteiger partial charge >= 0.3 is 0 Å². The molecular formula is C21H22N2O4. The summed E-state index contributed by atoms with van der Waals surface area (Å²) >= 11 is 0. The van der Waals surface area contributed by atoms with E-state index in [9.17, 15) is 14.4 Å². The molecular weight excluding hydrogens is 344 g/mol. The molecule has 3 amide bonds. The van der Waals surface area contributed by atoms with Crippen molar-refractivity contribution in [2.24, 2.45) is 0 Å². The van der Waals surface area contributed by atoms with Crippen LogP contribution in [0.5, 0.6) is 5.75 Å². The fraction of sp³-hybridized carbons (Fsp3) is 0.286. The number of hydrogen-bond donors (Lipinski definition) is 1. The molecule has 1 N–H and O–H groups in total. The van der Waals surface area contributed by atoms with E-state index >= 15 is 0 Å². The van der Waals surface area contributed by atoms with Crippen molar-refractivity contribution < 1.29 is 19.1 Å². The average Bonchev–Trinajstić information content (AvgIpc) is 2.86. The van der Waals surface area contributed by atoms with E-state index in [2.05, 4.69) is 5.32 Å². The third-order valence-corrected chi connectivity index (χ3v) is 4.54. The van der Waals surface area contributed by atoms with E-state index in [-0.39, 0.29) is 30.7 Å². The fourth-order valence-electron chi connectivity index (χ4n) is 3.14. The number of fused-ring (bicyclic) bond motifs is 1. The number of carbonyl (C=O) groups excluding carboxylic acids is 3. The molecule has 6 nitrogen and oxygen atoms in total. The van der Waals surface area contributed by atoms with E-state index in [1.165, 1.54) is 4.90 Å². The van der Waals surface area contributed by atoms with Gasteiger partial charge in [0.2, 0.25) is 5.91 Å². The zero-order valence-electron chi connectivity index (χ0n) is 15.7. The maximum atomic E-state index is 12.4. The van der Waals surface area contributed by atoms with Crippen LogP contribution in [-0.2, 0) is 4.79 Å². The lowest BCUT2D eigenvalue weighted by Crippen LogP contribution is -2.31. The number of ether oxygens (including phenoxy) is 1. The summed E-state index contributed by atoms with van der Waals surface area (Å²) in [5.41, 5.74) is 3.42. The van der Waals surface area contributed by atoms with Crippen LogP contribution in [-0.4, -0.2) is 36.3 Å². The smallest absolute Gasteiger partial charge is 0.261 e. The van der Waals surface area contributed by atoms with Gasteiger partial charge in [-0.2, -0.15) is 0 Å². The fourth-order valence-corrected chi connectivity index (χ4v) is 3.14. The largest absolute Gasteiger partial charge is 0.495 e. The van der Waals surface area contributed by atoms with Crippen LogP contribution in [0.4, 0.5) is 5.69 Å². The normalized spacial score (nSPS) is 12.9. The van der Waals surface area contributed by atoms with Crippen molar-refractivity contribution >= 4 is 23.4 Å². The third-order valence-electron chi connectivity index (χ3n) is 4.54. The van der Waals surface area contributed by atoms with Crippen LogP contribution in [0.25, 0.3) is 0 Å². The maximum absolute atomic E-state index is 12.4. The van der Waals surface area contributed by atoms with Gasteiger partial charge in [0.15, 0.2) is 0 Å². The number of nitrogens with zero attached hydrogens (tertiary/aromatic N) is 1. The number of amides is 3. The Kier molecular flexibility index (Phi) is 5.26. The number of imide groups is 1. The van der Waals surface area contributed by atoms with Crippen molar-refractivity contribution in [2.45, 2.75) is 26.7 Å². The van der Waals surface area contributed by atoms with E-state index in [1.807, 2.05) is 32.0 Å². The molecule has 0 spiro atoms. The van der Waals surface area contributed by atoms with E-state index in [1.54, 1.807) is 25.3 Å². The quantitative estimate of drug-likeness (QED) is 0.796. The van der Waals surface area contributed by atoms with Gasteiger partial charge in [0.1, 0.15) is 5.75 Å². The van der Waals surface area contributed by atoms with Gasteiger partial charge in [0.05, 0.1) is 23.9 Å². The molecule has 0 radical (unpaired) electrons. The molecule has 2 aromatic rings. The second-order valence-corrected chi connectivity index (χ2v) is 6.67. The highest BCUT2D eigenvalue weighted by Crippen LogP contribution is 2.26. The molecule has 2 aromatic carbocycles. The molecule has 0 unspecified atom stereocenters. The molecule has 0 atom stereocenters. The summed E-state index contributed by atoms with van der Waals surface area (Å²) in [6.07, 6.45) is 0.591. The SMILES string of the molecule is COc1ccc(C)cc1NC(=O)CCCN1C(=O)c2ccc(C)cc2C1=O. The first-order valence-corrected chi connectivity index (χ1v) is 8.82. The second-order valence-electron chi connectivity index (χ2n) is 6.67. The topological polar surface area (TPSA) is 75.7 Å². The predicted octanol–water partition coefficient (Wildman–Crippen LogP) is 3.33. The molecule has 1 aliphatic rings. The Morgan fingerprint density at radius 3 is 2.41 bits per heavy atom. The zero-order chi connectivity index (χ0) is 19.6. The number of benzene rings is 2. The molecule has 1 heterocycles. The van der Waals surface area contributed by atoms with Gasteiger partial charge in [0, 0.05) is 13.0 Å². The van der Waals surface area contributed by atoms with Crippen LogP contribution in [0.3, 0.4) is 0 Å². The van der Waals surface area contributed by atoms with Crippen LogP contribution in [0, 0.1) is 13.8 Å². The Labute approximate surface area is 158 Å². The first-order valence-electron chi connectivity index (χ1n) is 8.82. The summed E-state index contributed by atoms with van der Waals surface area (Å²) in [6.45, 7) is 4.02. The zero-order valence-corrected chi connectivity index (χ0v) is 15.7. The standard InChI is InChI=1S/C21H22N2O4/c1-13-6-8-15-16(11-13)21(26)23(20(15)25)10-4-5-19(24)22-17-12-14(2)7-9-18(17)27-3/h6-9,11-12H,4-5,10H2,1-3H3,(H,22,24). The van der Waals surface area contributed by atoms with Crippen molar-refractivity contribution in [3.63, 3.8) is 0 Å². The monoisotopic (exact) mass is 366 g/mol. The summed E-state index contributed by atoms with van der Waals surface area (Å²) in [5.74, 6) is -0.189. The summed E-state index contributed by atoms with van der Waals surface area (Å²) in [6, 6.07) is 10.8. The third kappa shape index (κ3) is 3.84. The predicted molar refractivity (Wildman–Crippen MR) is 102 cm³/mol. The molecule has 6 heteroatoms. The minimum absolute atomic E-state index is 0.189. The number of methoxy groups -OCH3 is 1. The van der Waals surface area contributed by atoms with Gasteiger partial charge in [-0.05, 0) is 50.1 Å². The molecule has 0 aliphatic carbocycles. The van der Waals surface area contributed by atoms with E-state index in [0.717, 1.165) is 11.1 Å². The first kappa shape index (κ1) is 18.6. The van der Waals surface area contributed by atoms with Crippen LogP contribution in [0.1, 0.15) is 44.7 Å². The van der Waals surface area contributed by atoms with Gasteiger partial charge in [-0.1, -0.05) is 17.7 Å². The van der Waals surface area contributed by atoms with Crippen molar-refractivity contribution in [1.29, 1.82) is 0 Å². The van der Waals surface area contributed by atoms with Crippen LogP contribution in [0.2, 0.25) is 0 Å². The molecule has 1 aliphatic heterocycles. The number of nitrogens with one attached hydrogen (secondary N) is 1. The Bertz CT molecular complexity index is 920. The molecule has 27 heavy (non-hydrogen) atoms. The highest BCUT2D eigenvalue weighted by molar-refractivity contribution is 6.21. The number of aryl methyl sites for hydroxylation is 2. The molecule has 3 rings (SSSR count). The van der Waals surface area contributed by atoms with Gasteiger partial charge in [-0.25, -0.2) is 0 Å². The van der Waals surface area contributed by atoms with E-state index < -0.39 is 0 Å². The van der Waals surface area contributed by atoms with Crippen LogP contribution in [0.15, 0.2) is 36.4 Å². The van der Waals surface area contributed by atoms with Gasteiger partial charge < -0.3 is 10.1 Å². The number of hydrogen-bond acceptors (Lipinski definition) is 4. The lowest BCUT2D eigenvalue weighted by atomic mass is 10.1. The molecule has 0 saturated carbocycles. The molecule has 0 aromatic heterocycles. The maximum Gasteiger partial charge on any atom is 0.261 e. The summed E-state index contributed by atoms with van der Waals surface area (Å²) in [7, 11) is 1.55. The van der Waals surface area contributed by atoms with Crippen molar-refractivity contribution in [2.75, 3.05) is 19.0 Å². The lowest BCUT2D eigenvalue weighted by Gasteiger charge is -2.14.